The van der Waals surface area contributed by atoms with Gasteiger partial charge in [0.2, 0.25) is 5.16 Å². The van der Waals surface area contributed by atoms with Crippen LogP contribution in [0.4, 0.5) is 0 Å². The second kappa shape index (κ2) is 6.49. The average molecular weight is 271 g/mol. The van der Waals surface area contributed by atoms with Gasteiger partial charge in [-0.1, -0.05) is 31.0 Å². The van der Waals surface area contributed by atoms with Crippen LogP contribution in [0.1, 0.15) is 32.1 Å². The Morgan fingerprint density at radius 3 is 2.89 bits per heavy atom. The van der Waals surface area contributed by atoms with Crippen LogP contribution in [0, 0.1) is 0 Å². The Morgan fingerprint density at radius 2 is 2.17 bits per heavy atom. The molecule has 1 aromatic heterocycles. The van der Waals surface area contributed by atoms with Gasteiger partial charge in [-0.15, -0.1) is 5.10 Å². The highest BCUT2D eigenvalue weighted by Crippen LogP contribution is 2.32. The molecule has 0 amide bonds. The van der Waals surface area contributed by atoms with E-state index in [1.165, 1.54) is 6.42 Å². The Hall–Kier alpha value is -0.660. The van der Waals surface area contributed by atoms with Gasteiger partial charge in [0.25, 0.3) is 0 Å². The van der Waals surface area contributed by atoms with Gasteiger partial charge >= 0.3 is 0 Å². The zero-order valence-corrected chi connectivity index (χ0v) is 11.6. The number of aliphatic hydroxyl groups is 1. The quantitative estimate of drug-likeness (QED) is 0.741. The van der Waals surface area contributed by atoms with Gasteiger partial charge in [-0.3, -0.25) is 0 Å². The fraction of sp³-hybridized carbons (Fsp3) is 0.909. The van der Waals surface area contributed by atoms with Crippen LogP contribution in [0.3, 0.4) is 0 Å². The Kier molecular flexibility index (Phi) is 4.96. The second-order valence-electron chi connectivity index (χ2n) is 4.86. The lowest BCUT2D eigenvalue weighted by molar-refractivity contribution is 0.0272. The van der Waals surface area contributed by atoms with E-state index in [9.17, 15) is 5.11 Å². The van der Waals surface area contributed by atoms with E-state index in [2.05, 4.69) is 20.8 Å². The normalized spacial score (nSPS) is 19.0. The van der Waals surface area contributed by atoms with Crippen LogP contribution >= 0.6 is 11.8 Å². The lowest BCUT2D eigenvalue weighted by Crippen LogP contribution is -2.34. The fourth-order valence-corrected chi connectivity index (χ4v) is 3.27. The zero-order valence-electron chi connectivity index (χ0n) is 10.8. The van der Waals surface area contributed by atoms with Crippen LogP contribution in [0.15, 0.2) is 5.16 Å². The molecule has 0 atom stereocenters. The number of tetrazole rings is 1. The maximum atomic E-state index is 10.4. The van der Waals surface area contributed by atoms with Crippen molar-refractivity contribution in [1.82, 2.24) is 25.5 Å². The standard InChI is InChI=1S/C11H21N5OS/c1-12-7-8-16-10(13-14-15-16)18-9-11(17)5-3-2-4-6-11/h12,17H,2-9H2,1H3. The predicted molar refractivity (Wildman–Crippen MR) is 70.5 cm³/mol. The molecule has 0 aliphatic heterocycles. The molecule has 0 radical (unpaired) electrons. The largest absolute Gasteiger partial charge is 0.389 e. The Balaban J connectivity index is 1.87. The molecule has 18 heavy (non-hydrogen) atoms. The SMILES string of the molecule is CNCCn1nnnc1SCC1(O)CCCCC1. The minimum atomic E-state index is -0.525. The van der Waals surface area contributed by atoms with E-state index in [0.717, 1.165) is 43.9 Å². The topological polar surface area (TPSA) is 75.9 Å². The molecular weight excluding hydrogens is 250 g/mol. The van der Waals surface area contributed by atoms with Gasteiger partial charge in [0.05, 0.1) is 12.1 Å². The fourth-order valence-electron chi connectivity index (χ4n) is 2.21. The van der Waals surface area contributed by atoms with Crippen molar-refractivity contribution in [3.63, 3.8) is 0 Å². The maximum absolute atomic E-state index is 10.4. The third-order valence-electron chi connectivity index (χ3n) is 3.33. The molecule has 7 heteroatoms. The lowest BCUT2D eigenvalue weighted by Gasteiger charge is -2.31. The second-order valence-corrected chi connectivity index (χ2v) is 5.80. The third-order valence-corrected chi connectivity index (χ3v) is 4.56. The summed E-state index contributed by atoms with van der Waals surface area (Å²) >= 11 is 1.56. The van der Waals surface area contributed by atoms with Gasteiger partial charge in [0, 0.05) is 12.3 Å². The summed E-state index contributed by atoms with van der Waals surface area (Å²) in [5.41, 5.74) is -0.525. The Morgan fingerprint density at radius 1 is 1.39 bits per heavy atom. The molecule has 0 aromatic carbocycles. The average Bonchev–Trinajstić information content (AvgIpc) is 2.82. The van der Waals surface area contributed by atoms with Crippen molar-refractivity contribution in [2.24, 2.45) is 0 Å². The molecule has 0 saturated heterocycles. The summed E-state index contributed by atoms with van der Waals surface area (Å²) in [5, 5.41) is 26.0. The Labute approximate surface area is 112 Å². The van der Waals surface area contributed by atoms with E-state index >= 15 is 0 Å². The van der Waals surface area contributed by atoms with Crippen molar-refractivity contribution >= 4 is 11.8 Å². The Bertz CT molecular complexity index is 364. The van der Waals surface area contributed by atoms with Gasteiger partial charge in [0.1, 0.15) is 0 Å². The number of thioether (sulfide) groups is 1. The van der Waals surface area contributed by atoms with E-state index in [-0.39, 0.29) is 0 Å². The molecule has 0 bridgehead atoms. The van der Waals surface area contributed by atoms with Gasteiger partial charge in [-0.05, 0) is 30.3 Å². The molecular formula is C11H21N5OS. The van der Waals surface area contributed by atoms with E-state index < -0.39 is 5.60 Å². The van der Waals surface area contributed by atoms with Crippen molar-refractivity contribution in [2.75, 3.05) is 19.3 Å². The number of hydrogen-bond donors (Lipinski definition) is 2. The molecule has 1 aliphatic rings. The molecule has 1 aliphatic carbocycles. The number of hydrogen-bond acceptors (Lipinski definition) is 6. The molecule has 6 nitrogen and oxygen atoms in total. The summed E-state index contributed by atoms with van der Waals surface area (Å²) in [4.78, 5) is 0. The van der Waals surface area contributed by atoms with Crippen LogP contribution in [0.5, 0.6) is 0 Å². The molecule has 2 N–H and O–H groups in total. The first-order valence-corrected chi connectivity index (χ1v) is 7.48. The smallest absolute Gasteiger partial charge is 0.209 e. The summed E-state index contributed by atoms with van der Waals surface area (Å²) in [6.45, 7) is 1.59. The number of nitrogens with zero attached hydrogens (tertiary/aromatic N) is 4. The summed E-state index contributed by atoms with van der Waals surface area (Å²) in [6, 6.07) is 0. The molecule has 1 aromatic rings. The molecule has 2 rings (SSSR count). The molecule has 1 heterocycles. The highest BCUT2D eigenvalue weighted by Gasteiger charge is 2.29. The minimum absolute atomic E-state index is 0.525. The van der Waals surface area contributed by atoms with E-state index in [0.29, 0.717) is 5.75 Å². The lowest BCUT2D eigenvalue weighted by atomic mass is 9.86. The minimum Gasteiger partial charge on any atom is -0.389 e. The zero-order chi connectivity index (χ0) is 12.8. The van der Waals surface area contributed by atoms with Gasteiger partial charge < -0.3 is 10.4 Å². The molecule has 1 fully saturated rings. The number of likely N-dealkylation sites (N-methyl/N-ethyl adjacent to an activating group) is 1. The summed E-state index contributed by atoms with van der Waals surface area (Å²) in [7, 11) is 1.90. The molecule has 0 spiro atoms. The third kappa shape index (κ3) is 3.66. The first-order chi connectivity index (χ1) is 8.73. The summed E-state index contributed by atoms with van der Waals surface area (Å²) in [5.74, 6) is 0.687. The number of aromatic nitrogens is 4. The van der Waals surface area contributed by atoms with Gasteiger partial charge in [-0.25, -0.2) is 4.68 Å². The van der Waals surface area contributed by atoms with Crippen molar-refractivity contribution in [3.05, 3.63) is 0 Å². The van der Waals surface area contributed by atoms with Crippen molar-refractivity contribution < 1.29 is 5.11 Å². The molecule has 1 saturated carbocycles. The number of rotatable bonds is 6. The van der Waals surface area contributed by atoms with Crippen LogP contribution in [-0.2, 0) is 6.54 Å². The van der Waals surface area contributed by atoms with Crippen LogP contribution in [0.25, 0.3) is 0 Å². The highest BCUT2D eigenvalue weighted by molar-refractivity contribution is 7.99. The van der Waals surface area contributed by atoms with Crippen LogP contribution in [-0.4, -0.2) is 50.3 Å². The van der Waals surface area contributed by atoms with Crippen molar-refractivity contribution in [2.45, 2.75) is 49.4 Å². The maximum Gasteiger partial charge on any atom is 0.209 e. The summed E-state index contributed by atoms with van der Waals surface area (Å²) in [6.07, 6.45) is 5.30. The van der Waals surface area contributed by atoms with Gasteiger partial charge in [0.15, 0.2) is 0 Å². The van der Waals surface area contributed by atoms with Crippen molar-refractivity contribution in [1.29, 1.82) is 0 Å². The monoisotopic (exact) mass is 271 g/mol. The predicted octanol–water partition coefficient (Wildman–Crippen LogP) is 0.680. The highest BCUT2D eigenvalue weighted by atomic mass is 32.2. The van der Waals surface area contributed by atoms with Gasteiger partial charge in [-0.2, -0.15) is 0 Å². The van der Waals surface area contributed by atoms with E-state index in [1.54, 1.807) is 16.4 Å². The first-order valence-electron chi connectivity index (χ1n) is 6.49. The first kappa shape index (κ1) is 13.8. The van der Waals surface area contributed by atoms with E-state index in [4.69, 9.17) is 0 Å². The molecule has 0 unspecified atom stereocenters. The van der Waals surface area contributed by atoms with Crippen LogP contribution in [0.2, 0.25) is 0 Å². The summed E-state index contributed by atoms with van der Waals surface area (Å²) < 4.78 is 1.79. The van der Waals surface area contributed by atoms with Crippen LogP contribution < -0.4 is 5.32 Å². The van der Waals surface area contributed by atoms with Crippen molar-refractivity contribution in [3.8, 4) is 0 Å². The number of nitrogens with one attached hydrogen (secondary N) is 1. The van der Waals surface area contributed by atoms with E-state index in [1.807, 2.05) is 7.05 Å². The molecule has 102 valence electrons.